The van der Waals surface area contributed by atoms with Crippen LogP contribution in [0.3, 0.4) is 0 Å². The predicted molar refractivity (Wildman–Crippen MR) is 35.7 cm³/mol. The Kier molecular flexibility index (Phi) is 4.16. The van der Waals surface area contributed by atoms with E-state index in [9.17, 15) is 0 Å². The van der Waals surface area contributed by atoms with Gasteiger partial charge in [-0.25, -0.2) is 0 Å². The van der Waals surface area contributed by atoms with E-state index >= 15 is 0 Å². The molecule has 2 N–H and O–H groups in total. The van der Waals surface area contributed by atoms with E-state index in [1.807, 2.05) is 13.8 Å². The second-order valence-electron chi connectivity index (χ2n) is 0.777. The average molecular weight is 131 g/mol. The van der Waals surface area contributed by atoms with Crippen molar-refractivity contribution < 1.29 is 0 Å². The lowest BCUT2D eigenvalue weighted by molar-refractivity contribution is 1.10. The van der Waals surface area contributed by atoms with Gasteiger partial charge >= 0.3 is 0 Å². The Bertz CT molecular complexity index is 115. The van der Waals surface area contributed by atoms with Gasteiger partial charge in [-0.3, -0.25) is 0 Å². The first-order chi connectivity index (χ1) is 3.89. The average Bonchev–Trinajstić information content (AvgIpc) is 2.24. The molecule has 0 radical (unpaired) electrons. The molecule has 0 saturated heterocycles. The van der Waals surface area contributed by atoms with Crippen LogP contribution in [0.15, 0.2) is 5.51 Å². The van der Waals surface area contributed by atoms with Crippen LogP contribution in [0.2, 0.25) is 0 Å². The molecule has 1 aromatic rings. The summed E-state index contributed by atoms with van der Waals surface area (Å²) in [4.78, 5) is 0. The third kappa shape index (κ3) is 2.52. The van der Waals surface area contributed by atoms with Crippen molar-refractivity contribution in [2.24, 2.45) is 0 Å². The van der Waals surface area contributed by atoms with Crippen LogP contribution in [0.25, 0.3) is 0 Å². The van der Waals surface area contributed by atoms with Crippen LogP contribution >= 0.6 is 11.3 Å². The topological polar surface area (TPSA) is 51.8 Å². The van der Waals surface area contributed by atoms with Crippen molar-refractivity contribution in [3.63, 3.8) is 0 Å². The summed E-state index contributed by atoms with van der Waals surface area (Å²) in [6, 6.07) is 0. The van der Waals surface area contributed by atoms with Crippen molar-refractivity contribution in [1.29, 1.82) is 0 Å². The van der Waals surface area contributed by atoms with Gasteiger partial charge in [0.05, 0.1) is 0 Å². The van der Waals surface area contributed by atoms with Crippen LogP contribution in [-0.2, 0) is 0 Å². The number of hydrogen-bond donors (Lipinski definition) is 1. The van der Waals surface area contributed by atoms with Gasteiger partial charge in [-0.2, -0.15) is 0 Å². The lowest BCUT2D eigenvalue weighted by Gasteiger charge is -1.64. The maximum Gasteiger partial charge on any atom is 0.202 e. The Morgan fingerprint density at radius 3 is 2.38 bits per heavy atom. The highest BCUT2D eigenvalue weighted by Crippen LogP contribution is 1.98. The van der Waals surface area contributed by atoms with Gasteiger partial charge in [-0.05, 0) is 0 Å². The lowest BCUT2D eigenvalue weighted by Crippen LogP contribution is -1.79. The van der Waals surface area contributed by atoms with Gasteiger partial charge in [0.1, 0.15) is 5.51 Å². The number of nitrogens with two attached hydrogens (primary N) is 1. The molecule has 3 nitrogen and oxygen atoms in total. The number of nitrogen functional groups attached to an aromatic ring is 1. The van der Waals surface area contributed by atoms with Crippen LogP contribution in [-0.4, -0.2) is 10.2 Å². The number of aromatic nitrogens is 2. The zero-order chi connectivity index (χ0) is 6.41. The highest BCUT2D eigenvalue weighted by atomic mass is 32.1. The van der Waals surface area contributed by atoms with Crippen molar-refractivity contribution in [1.82, 2.24) is 10.2 Å². The molecule has 0 atom stereocenters. The molecular weight excluding hydrogens is 122 g/mol. The van der Waals surface area contributed by atoms with Crippen LogP contribution in [0.1, 0.15) is 13.8 Å². The fourth-order valence-corrected chi connectivity index (χ4v) is 0.478. The van der Waals surface area contributed by atoms with Crippen LogP contribution < -0.4 is 5.73 Å². The molecule has 46 valence electrons. The van der Waals surface area contributed by atoms with Crippen LogP contribution in [0, 0.1) is 0 Å². The Balaban J connectivity index is 0.000000222. The number of anilines is 1. The normalized spacial score (nSPS) is 7.25. The van der Waals surface area contributed by atoms with Crippen molar-refractivity contribution >= 4 is 16.5 Å². The first kappa shape index (κ1) is 7.36. The third-order valence-electron chi connectivity index (χ3n) is 0.377. The summed E-state index contributed by atoms with van der Waals surface area (Å²) in [5.74, 6) is 0. The minimum absolute atomic E-state index is 0.523. The maximum atomic E-state index is 5.12. The van der Waals surface area contributed by atoms with Crippen molar-refractivity contribution in [3.8, 4) is 0 Å². The predicted octanol–water partition coefficient (Wildman–Crippen LogP) is 1.15. The quantitative estimate of drug-likeness (QED) is 0.574. The van der Waals surface area contributed by atoms with Crippen LogP contribution in [0.5, 0.6) is 0 Å². The molecule has 1 rings (SSSR count). The second kappa shape index (κ2) is 4.52. The lowest BCUT2D eigenvalue weighted by atomic mass is 11.0. The third-order valence-corrected chi connectivity index (χ3v) is 0.900. The van der Waals surface area contributed by atoms with Crippen LogP contribution in [0.4, 0.5) is 5.13 Å². The highest BCUT2D eigenvalue weighted by Gasteiger charge is 1.78. The minimum Gasteiger partial charge on any atom is -0.374 e. The summed E-state index contributed by atoms with van der Waals surface area (Å²) in [6.45, 7) is 4.00. The molecule has 0 spiro atoms. The SMILES string of the molecule is CC.Nc1nncs1. The van der Waals surface area contributed by atoms with Gasteiger partial charge in [0, 0.05) is 0 Å². The Morgan fingerprint density at radius 2 is 2.25 bits per heavy atom. The van der Waals surface area contributed by atoms with E-state index in [0.29, 0.717) is 5.13 Å². The molecule has 0 aromatic carbocycles. The zero-order valence-corrected chi connectivity index (χ0v) is 5.77. The van der Waals surface area contributed by atoms with Crippen molar-refractivity contribution in [3.05, 3.63) is 5.51 Å². The first-order valence-electron chi connectivity index (χ1n) is 2.41. The zero-order valence-electron chi connectivity index (χ0n) is 4.96. The van der Waals surface area contributed by atoms with E-state index in [1.54, 1.807) is 5.51 Å². The fraction of sp³-hybridized carbons (Fsp3) is 0.500. The van der Waals surface area contributed by atoms with E-state index in [2.05, 4.69) is 10.2 Å². The molecule has 8 heavy (non-hydrogen) atoms. The molecule has 0 bridgehead atoms. The smallest absolute Gasteiger partial charge is 0.202 e. The first-order valence-corrected chi connectivity index (χ1v) is 3.29. The summed E-state index contributed by atoms with van der Waals surface area (Å²) in [5.41, 5.74) is 6.72. The summed E-state index contributed by atoms with van der Waals surface area (Å²) >= 11 is 1.33. The minimum atomic E-state index is 0.523. The van der Waals surface area contributed by atoms with Gasteiger partial charge in [-0.1, -0.05) is 25.2 Å². The summed E-state index contributed by atoms with van der Waals surface area (Å²) < 4.78 is 0. The van der Waals surface area contributed by atoms with Crippen molar-refractivity contribution in [2.45, 2.75) is 13.8 Å². The standard InChI is InChI=1S/C2H3N3S.C2H6/c3-2-5-4-1-6-2;1-2/h1H,(H2,3,5);1-2H3. The summed E-state index contributed by atoms with van der Waals surface area (Å²) in [5, 5.41) is 7.45. The molecular formula is C4H9N3S. The molecule has 1 aromatic heterocycles. The van der Waals surface area contributed by atoms with E-state index in [4.69, 9.17) is 5.73 Å². The summed E-state index contributed by atoms with van der Waals surface area (Å²) in [7, 11) is 0. The van der Waals surface area contributed by atoms with Gasteiger partial charge in [0.2, 0.25) is 5.13 Å². The van der Waals surface area contributed by atoms with E-state index in [-0.39, 0.29) is 0 Å². The Morgan fingerprint density at radius 1 is 1.62 bits per heavy atom. The molecule has 1 heterocycles. The number of rotatable bonds is 0. The monoisotopic (exact) mass is 131 g/mol. The number of hydrogen-bond acceptors (Lipinski definition) is 4. The second-order valence-corrected chi connectivity index (χ2v) is 1.64. The highest BCUT2D eigenvalue weighted by molar-refractivity contribution is 7.13. The van der Waals surface area contributed by atoms with E-state index < -0.39 is 0 Å². The molecule has 0 aliphatic carbocycles. The van der Waals surface area contributed by atoms with E-state index in [1.165, 1.54) is 11.3 Å². The number of nitrogens with zero attached hydrogens (tertiary/aromatic N) is 2. The summed E-state index contributed by atoms with van der Waals surface area (Å²) in [6.07, 6.45) is 0. The fourth-order valence-electron chi connectivity index (χ4n) is 0.182. The molecule has 0 saturated carbocycles. The van der Waals surface area contributed by atoms with Gasteiger partial charge in [-0.15, -0.1) is 10.2 Å². The molecule has 0 aliphatic rings. The molecule has 0 aliphatic heterocycles. The molecule has 0 unspecified atom stereocenters. The van der Waals surface area contributed by atoms with E-state index in [0.717, 1.165) is 0 Å². The van der Waals surface area contributed by atoms with Gasteiger partial charge in [0.25, 0.3) is 0 Å². The molecule has 4 heteroatoms. The molecule has 0 fully saturated rings. The maximum absolute atomic E-state index is 5.12. The Hall–Kier alpha value is -0.640. The van der Waals surface area contributed by atoms with Crippen molar-refractivity contribution in [2.75, 3.05) is 5.73 Å². The van der Waals surface area contributed by atoms with Gasteiger partial charge < -0.3 is 5.73 Å². The largest absolute Gasteiger partial charge is 0.374 e. The Labute approximate surface area is 52.6 Å². The molecule has 0 amide bonds. The van der Waals surface area contributed by atoms with Gasteiger partial charge in [0.15, 0.2) is 0 Å².